The number of aromatic hydroxyl groups is 1. The maximum atomic E-state index is 13.6. The number of hydrogen-bond donors (Lipinski definition) is 5. The van der Waals surface area contributed by atoms with Gasteiger partial charge in [-0.15, -0.1) is 0 Å². The highest BCUT2D eigenvalue weighted by molar-refractivity contribution is 5.94. The second-order valence-electron chi connectivity index (χ2n) is 12.1. The average Bonchev–Trinajstić information content (AvgIpc) is 2.93. The van der Waals surface area contributed by atoms with E-state index in [9.17, 15) is 34.2 Å². The van der Waals surface area contributed by atoms with Crippen LogP contribution >= 0.6 is 0 Å². The Bertz CT molecular complexity index is 1100. The van der Waals surface area contributed by atoms with E-state index in [4.69, 9.17) is 4.74 Å². The molecule has 0 radical (unpaired) electrons. The fourth-order valence-electron chi connectivity index (χ4n) is 4.49. The lowest BCUT2D eigenvalue weighted by Gasteiger charge is -2.32. The van der Waals surface area contributed by atoms with Crippen LogP contribution in [0.5, 0.6) is 5.75 Å². The Hall–Kier alpha value is -3.67. The Labute approximate surface area is 247 Å². The van der Waals surface area contributed by atoms with Crippen LogP contribution in [-0.2, 0) is 35.1 Å². The summed E-state index contributed by atoms with van der Waals surface area (Å²) in [4.78, 5) is 65.4. The Balaban J connectivity index is 2.25. The number of amides is 4. The zero-order chi connectivity index (χ0) is 31.6. The number of morpholine rings is 1. The molecule has 0 aromatic heterocycles. The van der Waals surface area contributed by atoms with Crippen molar-refractivity contribution in [3.63, 3.8) is 0 Å². The molecule has 0 aliphatic carbocycles. The third kappa shape index (κ3) is 11.0. The number of carboxylic acids is 1. The van der Waals surface area contributed by atoms with Gasteiger partial charge in [-0.3, -0.25) is 19.2 Å². The van der Waals surface area contributed by atoms with Gasteiger partial charge in [0.05, 0.1) is 13.2 Å². The first-order chi connectivity index (χ1) is 19.6. The van der Waals surface area contributed by atoms with Gasteiger partial charge in [-0.25, -0.2) is 4.79 Å². The van der Waals surface area contributed by atoms with Crippen molar-refractivity contribution in [3.05, 3.63) is 29.8 Å². The smallest absolute Gasteiger partial charge is 0.326 e. The molecule has 234 valence electrons. The standard InChI is InChI=1S/C30H46N4O8/c1-7-18(2)25(28(39)31-22(29(40)41)12-13-30(4,5)6)33-26(37)23(16-20-8-10-21(36)11-9-20)32-27(38)24-17-34(19(3)35)14-15-42-24/h8-11,18,22-25,36H,7,12-17H2,1-6H3,(H,31,39)(H,32,38)(H,33,37)(H,40,41)/t18?,22?,23?,24-,25?/m1/s1. The molecule has 0 bridgehead atoms. The van der Waals surface area contributed by atoms with Crippen molar-refractivity contribution in [2.24, 2.45) is 11.3 Å². The molecule has 42 heavy (non-hydrogen) atoms. The fraction of sp³-hybridized carbons (Fsp3) is 0.633. The van der Waals surface area contributed by atoms with Crippen LogP contribution in [-0.4, -0.2) is 88.6 Å². The Morgan fingerprint density at radius 3 is 2.21 bits per heavy atom. The van der Waals surface area contributed by atoms with Crippen molar-refractivity contribution < 1.29 is 38.9 Å². The minimum absolute atomic E-state index is 0.0386. The van der Waals surface area contributed by atoms with E-state index in [1.165, 1.54) is 24.0 Å². The van der Waals surface area contributed by atoms with Crippen LogP contribution in [0.1, 0.15) is 66.4 Å². The number of aliphatic carboxylic acids is 1. The number of rotatable bonds is 13. The van der Waals surface area contributed by atoms with Crippen LogP contribution in [0.15, 0.2) is 24.3 Å². The van der Waals surface area contributed by atoms with Crippen molar-refractivity contribution >= 4 is 29.6 Å². The van der Waals surface area contributed by atoms with Gasteiger partial charge >= 0.3 is 5.97 Å². The molecular formula is C30H46N4O8. The molecular weight excluding hydrogens is 544 g/mol. The second-order valence-corrected chi connectivity index (χ2v) is 12.1. The molecule has 12 nitrogen and oxygen atoms in total. The normalized spacial score (nSPS) is 18.2. The minimum Gasteiger partial charge on any atom is -0.508 e. The quantitative estimate of drug-likeness (QED) is 0.230. The summed E-state index contributed by atoms with van der Waals surface area (Å²) in [5, 5.41) is 27.4. The SMILES string of the molecule is CCC(C)C(NC(=O)C(Cc1ccc(O)cc1)NC(=O)[C@H]1CN(C(C)=O)CCO1)C(=O)NC(CCC(C)(C)C)C(=O)O. The maximum Gasteiger partial charge on any atom is 0.326 e. The van der Waals surface area contributed by atoms with Crippen LogP contribution < -0.4 is 16.0 Å². The summed E-state index contributed by atoms with van der Waals surface area (Å²) in [5.74, 6) is -3.51. The number of phenols is 1. The van der Waals surface area contributed by atoms with Crippen LogP contribution in [0, 0.1) is 11.3 Å². The summed E-state index contributed by atoms with van der Waals surface area (Å²) in [6.45, 7) is 11.5. The van der Waals surface area contributed by atoms with Gasteiger partial charge in [0.1, 0.15) is 23.9 Å². The molecule has 0 saturated carbocycles. The van der Waals surface area contributed by atoms with Gasteiger partial charge in [0, 0.05) is 19.9 Å². The lowest BCUT2D eigenvalue weighted by atomic mass is 9.88. The topological polar surface area (TPSA) is 174 Å². The van der Waals surface area contributed by atoms with Crippen LogP contribution in [0.25, 0.3) is 0 Å². The molecule has 1 aromatic carbocycles. The summed E-state index contributed by atoms with van der Waals surface area (Å²) in [5.41, 5.74) is 0.507. The van der Waals surface area contributed by atoms with Gasteiger partial charge in [0.2, 0.25) is 17.7 Å². The predicted octanol–water partition coefficient (Wildman–Crippen LogP) is 1.59. The first kappa shape index (κ1) is 34.5. The third-order valence-electron chi connectivity index (χ3n) is 7.40. The molecule has 1 heterocycles. The fourth-order valence-corrected chi connectivity index (χ4v) is 4.49. The van der Waals surface area contributed by atoms with E-state index >= 15 is 0 Å². The second kappa shape index (κ2) is 15.5. The first-order valence-electron chi connectivity index (χ1n) is 14.4. The monoisotopic (exact) mass is 590 g/mol. The minimum atomic E-state index is -1.16. The lowest BCUT2D eigenvalue weighted by molar-refractivity contribution is -0.147. The number of nitrogens with one attached hydrogen (secondary N) is 3. The molecule has 1 saturated heterocycles. The molecule has 4 amide bonds. The lowest BCUT2D eigenvalue weighted by Crippen LogP contribution is -2.60. The van der Waals surface area contributed by atoms with Gasteiger partial charge < -0.3 is 35.8 Å². The highest BCUT2D eigenvalue weighted by atomic mass is 16.5. The summed E-state index contributed by atoms with van der Waals surface area (Å²) in [6.07, 6.45) is 0.369. The van der Waals surface area contributed by atoms with Crippen molar-refractivity contribution in [2.45, 2.75) is 91.5 Å². The summed E-state index contributed by atoms with van der Waals surface area (Å²) >= 11 is 0. The van der Waals surface area contributed by atoms with Crippen molar-refractivity contribution in [1.82, 2.24) is 20.9 Å². The van der Waals surface area contributed by atoms with Crippen molar-refractivity contribution in [3.8, 4) is 5.75 Å². The number of carboxylic acid groups (broad SMARTS) is 1. The third-order valence-corrected chi connectivity index (χ3v) is 7.40. The molecule has 1 aliphatic rings. The van der Waals surface area contributed by atoms with Gasteiger partial charge in [-0.05, 0) is 41.9 Å². The van der Waals surface area contributed by atoms with Gasteiger partial charge in [0.15, 0.2) is 6.10 Å². The number of carbonyl (C=O) groups excluding carboxylic acids is 4. The van der Waals surface area contributed by atoms with Crippen LogP contribution in [0.3, 0.4) is 0 Å². The molecule has 0 spiro atoms. The molecule has 1 fully saturated rings. The number of benzene rings is 1. The van der Waals surface area contributed by atoms with E-state index in [0.717, 1.165) is 0 Å². The van der Waals surface area contributed by atoms with Crippen LogP contribution in [0.4, 0.5) is 0 Å². The first-order valence-corrected chi connectivity index (χ1v) is 14.4. The number of ether oxygens (including phenoxy) is 1. The van der Waals surface area contributed by atoms with E-state index in [1.807, 2.05) is 27.7 Å². The van der Waals surface area contributed by atoms with E-state index in [0.29, 0.717) is 24.9 Å². The Morgan fingerprint density at radius 2 is 1.67 bits per heavy atom. The van der Waals surface area contributed by atoms with Crippen molar-refractivity contribution in [1.29, 1.82) is 0 Å². The molecule has 5 N–H and O–H groups in total. The Kier molecular flexibility index (Phi) is 12.8. The van der Waals surface area contributed by atoms with Crippen LogP contribution in [0.2, 0.25) is 0 Å². The molecule has 1 aromatic rings. The van der Waals surface area contributed by atoms with E-state index in [2.05, 4.69) is 16.0 Å². The number of nitrogens with zero attached hydrogens (tertiary/aromatic N) is 1. The highest BCUT2D eigenvalue weighted by Gasteiger charge is 2.35. The molecule has 2 rings (SSSR count). The number of hydrogen-bond acceptors (Lipinski definition) is 7. The van der Waals surface area contributed by atoms with Gasteiger partial charge in [0.25, 0.3) is 5.91 Å². The summed E-state index contributed by atoms with van der Waals surface area (Å²) in [6, 6.07) is 2.83. The highest BCUT2D eigenvalue weighted by Crippen LogP contribution is 2.22. The Morgan fingerprint density at radius 1 is 1.02 bits per heavy atom. The summed E-state index contributed by atoms with van der Waals surface area (Å²) in [7, 11) is 0. The number of phenolic OH excluding ortho intramolecular Hbond substituents is 1. The largest absolute Gasteiger partial charge is 0.508 e. The van der Waals surface area contributed by atoms with E-state index in [-0.39, 0.29) is 49.0 Å². The molecule has 5 atom stereocenters. The van der Waals surface area contributed by atoms with Crippen molar-refractivity contribution in [2.75, 3.05) is 19.7 Å². The predicted molar refractivity (Wildman–Crippen MR) is 155 cm³/mol. The molecule has 4 unspecified atom stereocenters. The summed E-state index contributed by atoms with van der Waals surface area (Å²) < 4.78 is 5.56. The molecule has 12 heteroatoms. The van der Waals surface area contributed by atoms with Gasteiger partial charge in [-0.1, -0.05) is 53.2 Å². The van der Waals surface area contributed by atoms with E-state index < -0.39 is 47.9 Å². The maximum absolute atomic E-state index is 13.6. The zero-order valence-electron chi connectivity index (χ0n) is 25.4. The van der Waals surface area contributed by atoms with E-state index in [1.54, 1.807) is 19.1 Å². The zero-order valence-corrected chi connectivity index (χ0v) is 25.4. The van der Waals surface area contributed by atoms with Gasteiger partial charge in [-0.2, -0.15) is 0 Å². The molecule has 1 aliphatic heterocycles. The average molecular weight is 591 g/mol. The number of carbonyl (C=O) groups is 5.